The Labute approximate surface area is 113 Å². The van der Waals surface area contributed by atoms with Crippen molar-refractivity contribution in [3.63, 3.8) is 0 Å². The lowest BCUT2D eigenvalue weighted by Gasteiger charge is -2.17. The topological polar surface area (TPSA) is 81.9 Å². The van der Waals surface area contributed by atoms with Gasteiger partial charge in [-0.15, -0.1) is 0 Å². The van der Waals surface area contributed by atoms with Gasteiger partial charge in [0, 0.05) is 24.6 Å². The van der Waals surface area contributed by atoms with Crippen LogP contribution in [0.2, 0.25) is 0 Å². The number of nitrogens with two attached hydrogens (primary N) is 1. The standard InChI is InChI=1S/C12H18N2O4S/c1-17-11-5-3-4-10(12(11)18-2)9-6-7-14(8-9)19(13,15)16/h3-5,9H,6-8H2,1-2H3,(H2,13,15,16)/t9-/m1/s1. The van der Waals surface area contributed by atoms with E-state index in [2.05, 4.69) is 0 Å². The first-order chi connectivity index (χ1) is 8.97. The van der Waals surface area contributed by atoms with E-state index in [9.17, 15) is 8.42 Å². The minimum atomic E-state index is -3.62. The molecule has 0 saturated carbocycles. The smallest absolute Gasteiger partial charge is 0.276 e. The number of nitrogens with zero attached hydrogens (tertiary/aromatic N) is 1. The van der Waals surface area contributed by atoms with E-state index in [1.54, 1.807) is 14.2 Å². The summed E-state index contributed by atoms with van der Waals surface area (Å²) in [5.41, 5.74) is 0.952. The SMILES string of the molecule is COc1cccc([C@@H]2CCN(S(N)(=O)=O)C2)c1OC. The number of para-hydroxylation sites is 1. The molecule has 0 radical (unpaired) electrons. The van der Waals surface area contributed by atoms with Gasteiger partial charge in [-0.25, -0.2) is 5.14 Å². The van der Waals surface area contributed by atoms with Crippen molar-refractivity contribution in [1.82, 2.24) is 4.31 Å². The summed E-state index contributed by atoms with van der Waals surface area (Å²) in [5, 5.41) is 5.15. The molecule has 0 spiro atoms. The number of benzene rings is 1. The van der Waals surface area contributed by atoms with Crippen LogP contribution in [0.3, 0.4) is 0 Å². The minimum Gasteiger partial charge on any atom is -0.493 e. The van der Waals surface area contributed by atoms with Crippen molar-refractivity contribution in [3.8, 4) is 11.5 Å². The van der Waals surface area contributed by atoms with E-state index in [4.69, 9.17) is 14.6 Å². The van der Waals surface area contributed by atoms with Gasteiger partial charge < -0.3 is 9.47 Å². The second kappa shape index (κ2) is 5.36. The average Bonchev–Trinajstić information content (AvgIpc) is 2.86. The lowest BCUT2D eigenvalue weighted by molar-refractivity contribution is 0.349. The summed E-state index contributed by atoms with van der Waals surface area (Å²) in [6.07, 6.45) is 0.722. The first-order valence-corrected chi connectivity index (χ1v) is 7.46. The molecule has 1 aromatic carbocycles. The van der Waals surface area contributed by atoms with Crippen LogP contribution in [0.15, 0.2) is 18.2 Å². The van der Waals surface area contributed by atoms with Gasteiger partial charge >= 0.3 is 0 Å². The highest BCUT2D eigenvalue weighted by Crippen LogP contribution is 2.39. The predicted octanol–water partition coefficient (Wildman–Crippen LogP) is 0.697. The number of hydrogen-bond acceptors (Lipinski definition) is 4. The van der Waals surface area contributed by atoms with Gasteiger partial charge in [-0.1, -0.05) is 12.1 Å². The normalized spacial score (nSPS) is 20.5. The van der Waals surface area contributed by atoms with Crippen LogP contribution in [0.5, 0.6) is 11.5 Å². The molecule has 7 heteroatoms. The van der Waals surface area contributed by atoms with Crippen molar-refractivity contribution in [1.29, 1.82) is 0 Å². The highest BCUT2D eigenvalue weighted by molar-refractivity contribution is 7.86. The van der Waals surface area contributed by atoms with Gasteiger partial charge in [0.25, 0.3) is 10.2 Å². The van der Waals surface area contributed by atoms with Crippen molar-refractivity contribution in [2.75, 3.05) is 27.3 Å². The van der Waals surface area contributed by atoms with Gasteiger partial charge in [-0.05, 0) is 12.5 Å². The van der Waals surface area contributed by atoms with Crippen LogP contribution in [0.25, 0.3) is 0 Å². The molecular formula is C12H18N2O4S. The minimum absolute atomic E-state index is 0.0726. The highest BCUT2D eigenvalue weighted by Gasteiger charge is 2.32. The Kier molecular flexibility index (Phi) is 3.98. The monoisotopic (exact) mass is 286 g/mol. The molecule has 0 unspecified atom stereocenters. The van der Waals surface area contributed by atoms with E-state index in [-0.39, 0.29) is 5.92 Å². The molecule has 0 amide bonds. The van der Waals surface area contributed by atoms with E-state index >= 15 is 0 Å². The Bertz CT molecular complexity index is 559. The van der Waals surface area contributed by atoms with Crippen LogP contribution in [-0.4, -0.2) is 40.0 Å². The lowest BCUT2D eigenvalue weighted by atomic mass is 9.97. The fourth-order valence-corrected chi connectivity index (χ4v) is 3.19. The molecule has 0 aromatic heterocycles. The first-order valence-electron chi connectivity index (χ1n) is 5.96. The van der Waals surface area contributed by atoms with E-state index in [1.807, 2.05) is 18.2 Å². The Morgan fingerprint density at radius 3 is 2.58 bits per heavy atom. The Hall–Kier alpha value is -1.31. The largest absolute Gasteiger partial charge is 0.493 e. The molecule has 1 fully saturated rings. The third-order valence-corrected chi connectivity index (χ3v) is 4.44. The second-order valence-electron chi connectivity index (χ2n) is 4.47. The maximum absolute atomic E-state index is 11.3. The molecule has 1 heterocycles. The number of hydrogen-bond donors (Lipinski definition) is 1. The van der Waals surface area contributed by atoms with Crippen LogP contribution in [0.4, 0.5) is 0 Å². The van der Waals surface area contributed by atoms with Gasteiger partial charge in [-0.3, -0.25) is 0 Å². The summed E-state index contributed by atoms with van der Waals surface area (Å²) in [5.74, 6) is 1.38. The van der Waals surface area contributed by atoms with Gasteiger partial charge in [-0.2, -0.15) is 12.7 Å². The molecule has 1 aliphatic rings. The summed E-state index contributed by atoms with van der Waals surface area (Å²) < 4.78 is 34.6. The number of ether oxygens (including phenoxy) is 2. The van der Waals surface area contributed by atoms with Gasteiger partial charge in [0.2, 0.25) is 0 Å². The van der Waals surface area contributed by atoms with Crippen LogP contribution in [0, 0.1) is 0 Å². The van der Waals surface area contributed by atoms with Gasteiger partial charge in [0.1, 0.15) is 0 Å². The molecule has 0 bridgehead atoms. The molecule has 1 aromatic rings. The first kappa shape index (κ1) is 14.1. The molecule has 6 nitrogen and oxygen atoms in total. The maximum atomic E-state index is 11.3. The molecule has 2 rings (SSSR count). The maximum Gasteiger partial charge on any atom is 0.276 e. The number of methoxy groups -OCH3 is 2. The lowest BCUT2D eigenvalue weighted by Crippen LogP contribution is -2.34. The van der Waals surface area contributed by atoms with Crippen molar-refractivity contribution in [2.24, 2.45) is 5.14 Å². The van der Waals surface area contributed by atoms with Gasteiger partial charge in [0.15, 0.2) is 11.5 Å². The Morgan fingerprint density at radius 2 is 2.05 bits per heavy atom. The zero-order chi connectivity index (χ0) is 14.0. The van der Waals surface area contributed by atoms with Crippen LogP contribution < -0.4 is 14.6 Å². The summed E-state index contributed by atoms with van der Waals surface area (Å²) in [6.45, 7) is 0.812. The van der Waals surface area contributed by atoms with Crippen molar-refractivity contribution < 1.29 is 17.9 Å². The molecular weight excluding hydrogens is 268 g/mol. The zero-order valence-electron chi connectivity index (χ0n) is 11.0. The average molecular weight is 286 g/mol. The highest BCUT2D eigenvalue weighted by atomic mass is 32.2. The van der Waals surface area contributed by atoms with Crippen LogP contribution in [0.1, 0.15) is 17.9 Å². The molecule has 0 aliphatic carbocycles. The molecule has 106 valence electrons. The summed E-state index contributed by atoms with van der Waals surface area (Å²) in [7, 11) is -0.464. The van der Waals surface area contributed by atoms with E-state index < -0.39 is 10.2 Å². The third-order valence-electron chi connectivity index (χ3n) is 3.38. The van der Waals surface area contributed by atoms with E-state index in [0.717, 1.165) is 12.0 Å². The zero-order valence-corrected chi connectivity index (χ0v) is 11.8. The fraction of sp³-hybridized carbons (Fsp3) is 0.500. The van der Waals surface area contributed by atoms with Crippen molar-refractivity contribution in [3.05, 3.63) is 23.8 Å². The summed E-state index contributed by atoms with van der Waals surface area (Å²) >= 11 is 0. The molecule has 1 aliphatic heterocycles. The molecule has 1 saturated heterocycles. The Balaban J connectivity index is 2.29. The van der Waals surface area contributed by atoms with Gasteiger partial charge in [0.05, 0.1) is 14.2 Å². The second-order valence-corrected chi connectivity index (χ2v) is 6.02. The number of rotatable bonds is 4. The van der Waals surface area contributed by atoms with Crippen molar-refractivity contribution in [2.45, 2.75) is 12.3 Å². The quantitative estimate of drug-likeness (QED) is 0.883. The Morgan fingerprint density at radius 1 is 1.32 bits per heavy atom. The summed E-state index contributed by atoms with van der Waals surface area (Å²) in [4.78, 5) is 0. The molecule has 2 N–H and O–H groups in total. The van der Waals surface area contributed by atoms with Crippen LogP contribution in [-0.2, 0) is 10.2 Å². The summed E-state index contributed by atoms with van der Waals surface area (Å²) in [6, 6.07) is 5.61. The van der Waals surface area contributed by atoms with E-state index in [0.29, 0.717) is 24.6 Å². The molecule has 1 atom stereocenters. The van der Waals surface area contributed by atoms with Crippen LogP contribution >= 0.6 is 0 Å². The fourth-order valence-electron chi connectivity index (χ4n) is 2.45. The predicted molar refractivity (Wildman–Crippen MR) is 71.6 cm³/mol. The van der Waals surface area contributed by atoms with E-state index in [1.165, 1.54) is 4.31 Å². The molecule has 19 heavy (non-hydrogen) atoms. The van der Waals surface area contributed by atoms with Crippen molar-refractivity contribution >= 4 is 10.2 Å². The third kappa shape index (κ3) is 2.83.